The average Bonchev–Trinajstić information content (AvgIpc) is 1.79. The Bertz CT molecular complexity index is 124. The quantitative estimate of drug-likeness (QED) is 0.171. The molecule has 0 heterocycles. The second-order valence-electron chi connectivity index (χ2n) is 1.02. The molecule has 0 rings (SSSR count). The van der Waals surface area contributed by atoms with Gasteiger partial charge >= 0.3 is 6.09 Å². The molecule has 0 atom stereocenters. The molecule has 8 heteroatoms. The van der Waals surface area contributed by atoms with Crippen molar-refractivity contribution in [1.29, 1.82) is 0 Å². The van der Waals surface area contributed by atoms with Crippen LogP contribution in [0.1, 0.15) is 0 Å². The Balaban J connectivity index is 3.06. The molecule has 10 heavy (non-hydrogen) atoms. The van der Waals surface area contributed by atoms with Gasteiger partial charge in [0.15, 0.2) is 0 Å². The molecule has 58 valence electrons. The standard InChI is InChI=1S/C2H5N3O2S3/c3-1(8)9-10-5-4-2(6)7/h4-5H,(H2,3,8)(H,6,7). The summed E-state index contributed by atoms with van der Waals surface area (Å²) in [5.74, 6) is 0. The molecule has 0 aliphatic carbocycles. The van der Waals surface area contributed by atoms with E-state index in [9.17, 15) is 4.79 Å². The first-order chi connectivity index (χ1) is 4.63. The second kappa shape index (κ2) is 5.59. The van der Waals surface area contributed by atoms with Crippen LogP contribution in [0.2, 0.25) is 0 Å². The van der Waals surface area contributed by atoms with Crippen molar-refractivity contribution in [2.75, 3.05) is 0 Å². The fourth-order valence-corrected chi connectivity index (χ4v) is 1.18. The summed E-state index contributed by atoms with van der Waals surface area (Å²) in [4.78, 5) is 12.1. The largest absolute Gasteiger partial charge is 0.464 e. The molecule has 5 N–H and O–H groups in total. The van der Waals surface area contributed by atoms with E-state index in [2.05, 4.69) is 17.0 Å². The summed E-state index contributed by atoms with van der Waals surface area (Å²) in [6, 6.07) is 0. The van der Waals surface area contributed by atoms with Crippen molar-refractivity contribution in [3.05, 3.63) is 0 Å². The number of rotatable bonds is 3. The molecule has 0 spiro atoms. The van der Waals surface area contributed by atoms with Gasteiger partial charge in [0, 0.05) is 11.0 Å². The zero-order valence-electron chi connectivity index (χ0n) is 4.66. The minimum absolute atomic E-state index is 0.240. The van der Waals surface area contributed by atoms with Crippen LogP contribution in [0, 0.1) is 0 Å². The first-order valence-electron chi connectivity index (χ1n) is 2.00. The molecule has 0 aromatic rings. The van der Waals surface area contributed by atoms with Crippen LogP contribution in [0.3, 0.4) is 0 Å². The number of amides is 1. The van der Waals surface area contributed by atoms with Crippen LogP contribution in [0.15, 0.2) is 0 Å². The van der Waals surface area contributed by atoms with Crippen LogP contribution in [-0.2, 0) is 0 Å². The van der Waals surface area contributed by atoms with E-state index in [0.29, 0.717) is 0 Å². The van der Waals surface area contributed by atoms with E-state index in [0.717, 1.165) is 21.8 Å². The lowest BCUT2D eigenvalue weighted by Gasteiger charge is -1.98. The molecule has 0 unspecified atom stereocenters. The van der Waals surface area contributed by atoms with Gasteiger partial charge in [-0.3, -0.25) is 0 Å². The molecule has 0 saturated heterocycles. The van der Waals surface area contributed by atoms with Gasteiger partial charge in [0.25, 0.3) is 0 Å². The molecule has 1 amide bonds. The molecule has 0 aromatic heterocycles. The normalized spacial score (nSPS) is 8.80. The van der Waals surface area contributed by atoms with E-state index in [1.165, 1.54) is 0 Å². The molecule has 5 nitrogen and oxygen atoms in total. The highest BCUT2D eigenvalue weighted by Gasteiger charge is 1.93. The molecule has 0 aliphatic heterocycles. The third-order valence-corrected chi connectivity index (χ3v) is 2.36. The van der Waals surface area contributed by atoms with Crippen molar-refractivity contribution in [1.82, 2.24) is 10.3 Å². The zero-order valence-corrected chi connectivity index (χ0v) is 7.11. The van der Waals surface area contributed by atoms with E-state index in [1.54, 1.807) is 0 Å². The van der Waals surface area contributed by atoms with Gasteiger partial charge in [0.1, 0.15) is 4.32 Å². The van der Waals surface area contributed by atoms with E-state index >= 15 is 0 Å². The minimum atomic E-state index is -1.16. The van der Waals surface area contributed by atoms with Crippen molar-refractivity contribution < 1.29 is 9.90 Å². The number of carbonyl (C=O) groups is 1. The number of hydrogen-bond donors (Lipinski definition) is 4. The highest BCUT2D eigenvalue weighted by Crippen LogP contribution is 2.14. The highest BCUT2D eigenvalue weighted by molar-refractivity contribution is 8.83. The second-order valence-corrected chi connectivity index (χ2v) is 3.69. The monoisotopic (exact) mass is 199 g/mol. The lowest BCUT2D eigenvalue weighted by molar-refractivity contribution is 0.193. The van der Waals surface area contributed by atoms with Crippen LogP contribution in [-0.4, -0.2) is 15.5 Å². The fourth-order valence-electron chi connectivity index (χ4n) is 0.126. The molecule has 0 saturated carbocycles. The van der Waals surface area contributed by atoms with Gasteiger partial charge in [-0.05, 0) is 10.8 Å². The summed E-state index contributed by atoms with van der Waals surface area (Å²) in [5.41, 5.74) is 6.96. The Morgan fingerprint density at radius 3 is 2.70 bits per heavy atom. The maximum absolute atomic E-state index is 9.78. The topological polar surface area (TPSA) is 87.4 Å². The number of nitrogens with two attached hydrogens (primary N) is 1. The zero-order chi connectivity index (χ0) is 7.98. The maximum atomic E-state index is 9.78. The molecular weight excluding hydrogens is 194 g/mol. The predicted molar refractivity (Wildman–Crippen MR) is 46.3 cm³/mol. The molecule has 0 aromatic carbocycles. The number of thiocarbonyl (C=S) groups is 1. The molecule has 0 fully saturated rings. The van der Waals surface area contributed by atoms with E-state index in [-0.39, 0.29) is 4.32 Å². The first-order valence-corrected chi connectivity index (χ1v) is 4.55. The minimum Gasteiger partial charge on any atom is -0.464 e. The van der Waals surface area contributed by atoms with Crippen LogP contribution >= 0.6 is 34.0 Å². The predicted octanol–water partition coefficient (Wildman–Crippen LogP) is 0.299. The summed E-state index contributed by atoms with van der Waals surface area (Å²) < 4.78 is 0.240. The van der Waals surface area contributed by atoms with Crippen LogP contribution in [0.5, 0.6) is 0 Å². The van der Waals surface area contributed by atoms with Gasteiger partial charge < -0.3 is 10.8 Å². The van der Waals surface area contributed by atoms with E-state index < -0.39 is 6.09 Å². The van der Waals surface area contributed by atoms with Crippen LogP contribution < -0.4 is 16.0 Å². The summed E-state index contributed by atoms with van der Waals surface area (Å²) in [6.45, 7) is 0. The Kier molecular flexibility index (Phi) is 5.49. The Hall–Kier alpha value is -0.180. The van der Waals surface area contributed by atoms with Crippen LogP contribution in [0.25, 0.3) is 0 Å². The fraction of sp³-hybridized carbons (Fsp3) is 0. The van der Waals surface area contributed by atoms with Gasteiger partial charge in [-0.2, -0.15) is 4.83 Å². The molecule has 0 radical (unpaired) electrons. The third kappa shape index (κ3) is 7.82. The Morgan fingerprint density at radius 1 is 1.70 bits per heavy atom. The van der Waals surface area contributed by atoms with Gasteiger partial charge in [-0.1, -0.05) is 12.2 Å². The van der Waals surface area contributed by atoms with Gasteiger partial charge in [0.05, 0.1) is 0 Å². The van der Waals surface area contributed by atoms with Crippen molar-refractivity contribution in [3.63, 3.8) is 0 Å². The molecule has 0 aliphatic rings. The number of hydrazine groups is 1. The van der Waals surface area contributed by atoms with Crippen molar-refractivity contribution in [2.45, 2.75) is 0 Å². The average molecular weight is 199 g/mol. The van der Waals surface area contributed by atoms with Crippen molar-refractivity contribution >= 4 is 44.4 Å². The maximum Gasteiger partial charge on any atom is 0.419 e. The molecule has 0 bridgehead atoms. The SMILES string of the molecule is NC(=S)SSNNC(=O)O. The van der Waals surface area contributed by atoms with Gasteiger partial charge in [0.2, 0.25) is 0 Å². The smallest absolute Gasteiger partial charge is 0.419 e. The first kappa shape index (κ1) is 9.82. The number of carboxylic acid groups (broad SMARTS) is 1. The Labute approximate surface area is 70.6 Å². The number of nitrogens with one attached hydrogen (secondary N) is 2. The van der Waals surface area contributed by atoms with Gasteiger partial charge in [-0.25, -0.2) is 10.2 Å². The summed E-state index contributed by atoms with van der Waals surface area (Å²) >= 11 is 4.48. The van der Waals surface area contributed by atoms with Gasteiger partial charge in [-0.15, -0.1) is 0 Å². The Morgan fingerprint density at radius 2 is 2.30 bits per heavy atom. The molecular formula is C2H5N3O2S3. The van der Waals surface area contributed by atoms with Crippen molar-refractivity contribution in [2.24, 2.45) is 5.73 Å². The third-order valence-electron chi connectivity index (χ3n) is 0.323. The van der Waals surface area contributed by atoms with E-state index in [4.69, 9.17) is 10.8 Å². The lowest BCUT2D eigenvalue weighted by atomic mass is 11.3. The van der Waals surface area contributed by atoms with E-state index in [1.807, 2.05) is 5.43 Å². The summed E-state index contributed by atoms with van der Waals surface area (Å²) in [6.07, 6.45) is -1.16. The van der Waals surface area contributed by atoms with Crippen LogP contribution in [0.4, 0.5) is 4.79 Å². The lowest BCUT2D eigenvalue weighted by Crippen LogP contribution is -2.30. The number of hydrogen-bond acceptors (Lipinski definition) is 5. The highest BCUT2D eigenvalue weighted by atomic mass is 33.1. The summed E-state index contributed by atoms with van der Waals surface area (Å²) in [7, 11) is 2.06. The summed E-state index contributed by atoms with van der Waals surface area (Å²) in [5, 5.41) is 8.02. The van der Waals surface area contributed by atoms with Crippen molar-refractivity contribution in [3.8, 4) is 0 Å².